The van der Waals surface area contributed by atoms with Crippen molar-refractivity contribution in [2.45, 2.75) is 19.5 Å². The first-order valence-corrected chi connectivity index (χ1v) is 10.3. The quantitative estimate of drug-likeness (QED) is 0.445. The van der Waals surface area contributed by atoms with Gasteiger partial charge in [0.15, 0.2) is 0 Å². The smallest absolute Gasteiger partial charge is 0.118 e. The van der Waals surface area contributed by atoms with Gasteiger partial charge in [0.2, 0.25) is 0 Å². The molecule has 0 aliphatic rings. The van der Waals surface area contributed by atoms with Gasteiger partial charge in [-0.3, -0.25) is 0 Å². The molecule has 1 atom stereocenters. The van der Waals surface area contributed by atoms with E-state index in [4.69, 9.17) is 0 Å². The third kappa shape index (κ3) is 3.78. The molecule has 0 bridgehead atoms. The fraction of sp³-hybridized carbons (Fsp3) is 0.130. The summed E-state index contributed by atoms with van der Waals surface area (Å²) < 4.78 is 0. The summed E-state index contributed by atoms with van der Waals surface area (Å²) in [6.45, 7) is 4.48. The Balaban J connectivity index is 0.00000225. The Hall–Kier alpha value is -1.69. The molecule has 0 nitrogen and oxygen atoms in total. The standard InChI is InChI=1S/C23H24P.BrH/c1-3-13-20(2)24(21-14-7-4-8-15-21,22-16-9-5-10-17-22)23-18-11-6-12-19-23;/h3-20H,1-2H3;1H/q+1;/p-1. The van der Waals surface area contributed by atoms with E-state index in [1.807, 2.05) is 0 Å². The van der Waals surface area contributed by atoms with Crippen molar-refractivity contribution in [1.82, 2.24) is 0 Å². The summed E-state index contributed by atoms with van der Waals surface area (Å²) in [7, 11) is -1.75. The van der Waals surface area contributed by atoms with Gasteiger partial charge in [-0.15, -0.1) is 0 Å². The van der Waals surface area contributed by atoms with Gasteiger partial charge in [0.25, 0.3) is 0 Å². The van der Waals surface area contributed by atoms with E-state index >= 15 is 0 Å². The Morgan fingerprint density at radius 2 is 0.960 bits per heavy atom. The van der Waals surface area contributed by atoms with Crippen molar-refractivity contribution in [1.29, 1.82) is 0 Å². The first kappa shape index (κ1) is 19.6. The second kappa shape index (κ2) is 9.13. The lowest BCUT2D eigenvalue weighted by molar-refractivity contribution is -0.00000474. The van der Waals surface area contributed by atoms with E-state index in [0.717, 1.165) is 0 Å². The minimum atomic E-state index is -1.75. The third-order valence-electron chi connectivity index (χ3n) is 4.57. The number of hydrogen-bond acceptors (Lipinski definition) is 0. The molecule has 0 aromatic heterocycles. The summed E-state index contributed by atoms with van der Waals surface area (Å²) in [6.07, 6.45) is 4.55. The highest BCUT2D eigenvalue weighted by atomic mass is 79.9. The summed E-state index contributed by atoms with van der Waals surface area (Å²) >= 11 is 0. The normalized spacial score (nSPS) is 12.6. The minimum absolute atomic E-state index is 0. The summed E-state index contributed by atoms with van der Waals surface area (Å²) in [6, 6.07) is 33.1. The van der Waals surface area contributed by atoms with Crippen LogP contribution in [0.1, 0.15) is 13.8 Å². The van der Waals surface area contributed by atoms with Crippen LogP contribution >= 0.6 is 7.26 Å². The van der Waals surface area contributed by atoms with Gasteiger partial charge in [-0.1, -0.05) is 60.7 Å². The third-order valence-corrected chi connectivity index (χ3v) is 9.30. The van der Waals surface area contributed by atoms with E-state index in [2.05, 4.69) is 117 Å². The van der Waals surface area contributed by atoms with Crippen LogP contribution in [0.5, 0.6) is 0 Å². The van der Waals surface area contributed by atoms with Gasteiger partial charge < -0.3 is 17.0 Å². The van der Waals surface area contributed by atoms with Crippen molar-refractivity contribution in [3.05, 3.63) is 103 Å². The molecular formula is C23H24BrP. The molecule has 128 valence electrons. The molecule has 2 heteroatoms. The van der Waals surface area contributed by atoms with Crippen molar-refractivity contribution in [3.8, 4) is 0 Å². The largest absolute Gasteiger partial charge is 1.00 e. The summed E-state index contributed by atoms with van der Waals surface area (Å²) in [5, 5.41) is 4.31. The zero-order valence-electron chi connectivity index (χ0n) is 14.7. The van der Waals surface area contributed by atoms with Crippen LogP contribution < -0.4 is 32.9 Å². The minimum Gasteiger partial charge on any atom is -1.00 e. The van der Waals surface area contributed by atoms with Gasteiger partial charge >= 0.3 is 0 Å². The zero-order chi connectivity index (χ0) is 16.8. The predicted molar refractivity (Wildman–Crippen MR) is 109 cm³/mol. The number of allylic oxidation sites excluding steroid dienone is 2. The molecular weight excluding hydrogens is 387 g/mol. The predicted octanol–water partition coefficient (Wildman–Crippen LogP) is 1.95. The Kier molecular flexibility index (Phi) is 7.17. The fourth-order valence-electron chi connectivity index (χ4n) is 3.55. The van der Waals surface area contributed by atoms with Crippen molar-refractivity contribution < 1.29 is 17.0 Å². The maximum atomic E-state index is 2.36. The van der Waals surface area contributed by atoms with Gasteiger partial charge in [-0.05, 0) is 56.3 Å². The van der Waals surface area contributed by atoms with E-state index in [1.54, 1.807) is 0 Å². The van der Waals surface area contributed by atoms with Crippen LogP contribution in [0.2, 0.25) is 0 Å². The maximum Gasteiger partial charge on any atom is 0.118 e. The van der Waals surface area contributed by atoms with E-state index < -0.39 is 7.26 Å². The average Bonchev–Trinajstić information content (AvgIpc) is 2.65. The number of hydrogen-bond donors (Lipinski definition) is 0. The van der Waals surface area contributed by atoms with Gasteiger partial charge in [-0.2, -0.15) is 0 Å². The molecule has 0 spiro atoms. The molecule has 3 aromatic carbocycles. The molecule has 0 N–H and O–H groups in total. The van der Waals surface area contributed by atoms with Crippen molar-refractivity contribution in [2.24, 2.45) is 0 Å². The van der Waals surface area contributed by atoms with Crippen LogP contribution in [0.3, 0.4) is 0 Å². The number of halogens is 1. The Bertz CT molecular complexity index is 685. The Morgan fingerprint density at radius 3 is 1.24 bits per heavy atom. The van der Waals surface area contributed by atoms with E-state index in [-0.39, 0.29) is 17.0 Å². The molecule has 0 aliphatic carbocycles. The summed E-state index contributed by atoms with van der Waals surface area (Å²) in [4.78, 5) is 0. The van der Waals surface area contributed by atoms with Crippen LogP contribution in [-0.4, -0.2) is 5.66 Å². The lowest BCUT2D eigenvalue weighted by atomic mass is 10.3. The highest BCUT2D eigenvalue weighted by Crippen LogP contribution is 2.59. The highest BCUT2D eigenvalue weighted by Gasteiger charge is 2.49. The lowest BCUT2D eigenvalue weighted by Crippen LogP contribution is -3.00. The van der Waals surface area contributed by atoms with Gasteiger partial charge in [0, 0.05) is 0 Å². The van der Waals surface area contributed by atoms with Crippen LogP contribution in [0, 0.1) is 0 Å². The topological polar surface area (TPSA) is 0 Å². The molecule has 0 aliphatic heterocycles. The lowest BCUT2D eigenvalue weighted by Gasteiger charge is -2.31. The molecule has 0 amide bonds. The van der Waals surface area contributed by atoms with Gasteiger partial charge in [-0.25, -0.2) is 0 Å². The SMILES string of the molecule is CC=CC(C)[P+](c1ccccc1)(c1ccccc1)c1ccccc1.[Br-]. The first-order chi connectivity index (χ1) is 11.8. The molecule has 3 rings (SSSR count). The highest BCUT2D eigenvalue weighted by molar-refractivity contribution is 7.96. The number of benzene rings is 3. The Labute approximate surface area is 162 Å². The second-order valence-corrected chi connectivity index (χ2v) is 9.80. The van der Waals surface area contributed by atoms with E-state index in [9.17, 15) is 0 Å². The van der Waals surface area contributed by atoms with Crippen molar-refractivity contribution in [2.75, 3.05) is 0 Å². The Morgan fingerprint density at radius 1 is 0.640 bits per heavy atom. The molecule has 1 unspecified atom stereocenters. The van der Waals surface area contributed by atoms with Gasteiger partial charge in [0.05, 0.1) is 5.66 Å². The van der Waals surface area contributed by atoms with Crippen LogP contribution in [0.4, 0.5) is 0 Å². The fourth-order valence-corrected chi connectivity index (χ4v) is 8.21. The zero-order valence-corrected chi connectivity index (χ0v) is 17.2. The summed E-state index contributed by atoms with van der Waals surface area (Å²) in [5.74, 6) is 0. The summed E-state index contributed by atoms with van der Waals surface area (Å²) in [5.41, 5.74) is 0.440. The molecule has 25 heavy (non-hydrogen) atoms. The molecule has 3 aromatic rings. The molecule has 0 radical (unpaired) electrons. The van der Waals surface area contributed by atoms with Crippen LogP contribution in [-0.2, 0) is 0 Å². The average molecular weight is 411 g/mol. The first-order valence-electron chi connectivity index (χ1n) is 8.48. The monoisotopic (exact) mass is 410 g/mol. The molecule has 0 saturated heterocycles. The van der Waals surface area contributed by atoms with Crippen molar-refractivity contribution >= 4 is 23.2 Å². The van der Waals surface area contributed by atoms with Crippen LogP contribution in [0.25, 0.3) is 0 Å². The molecule has 0 fully saturated rings. The van der Waals surface area contributed by atoms with E-state index in [0.29, 0.717) is 5.66 Å². The van der Waals surface area contributed by atoms with Crippen molar-refractivity contribution in [3.63, 3.8) is 0 Å². The van der Waals surface area contributed by atoms with Crippen LogP contribution in [0.15, 0.2) is 103 Å². The second-order valence-electron chi connectivity index (χ2n) is 6.00. The molecule has 0 saturated carbocycles. The molecule has 0 heterocycles. The maximum absolute atomic E-state index is 2.36. The van der Waals surface area contributed by atoms with Gasteiger partial charge in [0.1, 0.15) is 23.2 Å². The van der Waals surface area contributed by atoms with E-state index in [1.165, 1.54) is 15.9 Å². The number of rotatable bonds is 5.